The summed E-state index contributed by atoms with van der Waals surface area (Å²) in [5, 5.41) is 0. The highest BCUT2D eigenvalue weighted by Crippen LogP contribution is 2.34. The predicted molar refractivity (Wildman–Crippen MR) is 145 cm³/mol. The van der Waals surface area contributed by atoms with Crippen molar-refractivity contribution in [1.29, 1.82) is 0 Å². The predicted octanol–water partition coefficient (Wildman–Crippen LogP) is 5.34. The van der Waals surface area contributed by atoms with Gasteiger partial charge in [0.2, 0.25) is 0 Å². The summed E-state index contributed by atoms with van der Waals surface area (Å²) in [6, 6.07) is 11.1. The molecular formula is C27H36N4O5Si. The summed E-state index contributed by atoms with van der Waals surface area (Å²) < 4.78 is 25.0. The molecule has 1 unspecified atom stereocenters. The third-order valence-corrected chi connectivity index (χ3v) is 8.03. The molecule has 2 N–H and O–H groups in total. The van der Waals surface area contributed by atoms with Crippen LogP contribution in [0.3, 0.4) is 0 Å². The van der Waals surface area contributed by atoms with Gasteiger partial charge in [-0.1, -0.05) is 50.5 Å². The van der Waals surface area contributed by atoms with Crippen molar-refractivity contribution in [1.82, 2.24) is 14.5 Å². The molecule has 0 radical (unpaired) electrons. The van der Waals surface area contributed by atoms with Gasteiger partial charge >= 0.3 is 6.09 Å². The molecule has 0 saturated carbocycles. The molecule has 0 aliphatic carbocycles. The molecular weight excluding hydrogens is 488 g/mol. The van der Waals surface area contributed by atoms with Gasteiger partial charge in [0.05, 0.1) is 25.1 Å². The molecule has 2 aromatic heterocycles. The monoisotopic (exact) mass is 524 g/mol. The van der Waals surface area contributed by atoms with Gasteiger partial charge in [-0.15, -0.1) is 0 Å². The van der Waals surface area contributed by atoms with E-state index in [4.69, 9.17) is 29.7 Å². The van der Waals surface area contributed by atoms with Crippen molar-refractivity contribution in [2.75, 3.05) is 19.8 Å². The molecule has 10 heteroatoms. The van der Waals surface area contributed by atoms with Crippen molar-refractivity contribution >= 4 is 25.3 Å². The number of hydrogen-bond donors (Lipinski definition) is 1. The molecule has 1 aliphatic rings. The number of hydrogen-bond acceptors (Lipinski definition) is 7. The van der Waals surface area contributed by atoms with Gasteiger partial charge in [-0.25, -0.2) is 14.8 Å². The zero-order chi connectivity index (χ0) is 26.8. The van der Waals surface area contributed by atoms with E-state index < -0.39 is 26.1 Å². The standard InChI is InChI=1S/C27H36N4O5Si/c1-18(2)24(36-26(28)32)22-16-29-25-21(30-22)15-23(31(25)17-33-13-14-37(4,5)6)19-7-9-20(10-8-19)27(3)34-11-12-35-27/h7-10,15-16,24H,1,11-14,17H2,2-6H3,(H2,28,32). The maximum absolute atomic E-state index is 11.4. The highest BCUT2D eigenvalue weighted by atomic mass is 28.3. The van der Waals surface area contributed by atoms with Crippen molar-refractivity contribution in [3.8, 4) is 11.3 Å². The lowest BCUT2D eigenvalue weighted by Crippen LogP contribution is -2.22. The summed E-state index contributed by atoms with van der Waals surface area (Å²) >= 11 is 0. The highest BCUT2D eigenvalue weighted by molar-refractivity contribution is 6.76. The Labute approximate surface area is 218 Å². The van der Waals surface area contributed by atoms with Gasteiger partial charge in [0.1, 0.15) is 17.9 Å². The first-order valence-corrected chi connectivity index (χ1v) is 16.1. The summed E-state index contributed by atoms with van der Waals surface area (Å²) in [4.78, 5) is 20.9. The van der Waals surface area contributed by atoms with E-state index in [-0.39, 0.29) is 0 Å². The molecule has 1 amide bonds. The Bertz CT molecular complexity index is 1280. The fourth-order valence-electron chi connectivity index (χ4n) is 4.22. The molecule has 3 aromatic rings. The van der Waals surface area contributed by atoms with Crippen LogP contribution in [0.5, 0.6) is 0 Å². The molecule has 0 spiro atoms. The van der Waals surface area contributed by atoms with E-state index in [0.29, 0.717) is 49.0 Å². The topological polar surface area (TPSA) is 111 Å². The second-order valence-electron chi connectivity index (χ2n) is 10.7. The van der Waals surface area contributed by atoms with E-state index in [2.05, 4.69) is 31.2 Å². The number of aromatic nitrogens is 3. The van der Waals surface area contributed by atoms with Gasteiger partial charge in [0, 0.05) is 20.2 Å². The van der Waals surface area contributed by atoms with Crippen LogP contribution in [0.25, 0.3) is 22.4 Å². The summed E-state index contributed by atoms with van der Waals surface area (Å²) in [6.07, 6.45) is -0.0836. The van der Waals surface area contributed by atoms with Crippen LogP contribution in [0.15, 0.2) is 48.7 Å². The fraction of sp³-hybridized carbons (Fsp3) is 0.444. The Morgan fingerprint density at radius 3 is 2.51 bits per heavy atom. The largest absolute Gasteiger partial charge is 0.435 e. The van der Waals surface area contributed by atoms with Crippen LogP contribution in [0.1, 0.15) is 31.2 Å². The lowest BCUT2D eigenvalue weighted by atomic mass is 10.0. The van der Waals surface area contributed by atoms with Crippen LogP contribution in [-0.2, 0) is 31.5 Å². The van der Waals surface area contributed by atoms with Crippen molar-refractivity contribution in [2.45, 2.75) is 58.2 Å². The third kappa shape index (κ3) is 6.27. The van der Waals surface area contributed by atoms with Crippen LogP contribution in [0, 0.1) is 0 Å². The number of rotatable bonds is 10. The Morgan fingerprint density at radius 2 is 1.92 bits per heavy atom. The summed E-state index contributed by atoms with van der Waals surface area (Å²) in [5.74, 6) is -0.735. The second-order valence-corrected chi connectivity index (χ2v) is 16.3. The average Bonchev–Trinajstić information content (AvgIpc) is 3.43. The number of carbonyl (C=O) groups excluding carboxylic acids is 1. The van der Waals surface area contributed by atoms with E-state index in [1.807, 2.05) is 41.8 Å². The number of amides is 1. The molecule has 1 atom stereocenters. The minimum Gasteiger partial charge on any atom is -0.435 e. The Hall–Kier alpha value is -3.05. The summed E-state index contributed by atoms with van der Waals surface area (Å²) in [6.45, 7) is 16.7. The Morgan fingerprint density at radius 1 is 1.24 bits per heavy atom. The highest BCUT2D eigenvalue weighted by Gasteiger charge is 2.33. The number of ether oxygens (including phenoxy) is 4. The van der Waals surface area contributed by atoms with Gasteiger partial charge in [-0.3, -0.25) is 4.57 Å². The van der Waals surface area contributed by atoms with Crippen LogP contribution in [0.2, 0.25) is 25.7 Å². The zero-order valence-electron chi connectivity index (χ0n) is 22.2. The molecule has 9 nitrogen and oxygen atoms in total. The number of nitrogens with zero attached hydrogens (tertiary/aromatic N) is 3. The molecule has 1 saturated heterocycles. The quantitative estimate of drug-likeness (QED) is 0.216. The average molecular weight is 525 g/mol. The van der Waals surface area contributed by atoms with Gasteiger partial charge in [0.15, 0.2) is 17.5 Å². The van der Waals surface area contributed by atoms with Crippen molar-refractivity contribution in [3.05, 3.63) is 59.9 Å². The molecule has 1 fully saturated rings. The first-order valence-electron chi connectivity index (χ1n) is 12.4. The van der Waals surface area contributed by atoms with Gasteiger partial charge < -0.3 is 24.7 Å². The minimum atomic E-state index is -1.23. The van der Waals surface area contributed by atoms with E-state index in [1.54, 1.807) is 13.1 Å². The smallest absolute Gasteiger partial charge is 0.405 e. The maximum atomic E-state index is 11.4. The van der Waals surface area contributed by atoms with Gasteiger partial charge in [-0.05, 0) is 37.1 Å². The molecule has 4 rings (SSSR count). The van der Waals surface area contributed by atoms with E-state index in [1.165, 1.54) is 0 Å². The number of benzene rings is 1. The molecule has 37 heavy (non-hydrogen) atoms. The summed E-state index contributed by atoms with van der Waals surface area (Å²) in [5.41, 5.74) is 10.5. The van der Waals surface area contributed by atoms with Crippen molar-refractivity contribution in [2.24, 2.45) is 5.73 Å². The normalized spacial score (nSPS) is 16.1. The zero-order valence-corrected chi connectivity index (χ0v) is 23.2. The minimum absolute atomic E-state index is 0.338. The number of carbonyl (C=O) groups is 1. The van der Waals surface area contributed by atoms with E-state index in [9.17, 15) is 4.79 Å². The van der Waals surface area contributed by atoms with Crippen LogP contribution in [0.4, 0.5) is 4.79 Å². The third-order valence-electron chi connectivity index (χ3n) is 6.33. The first-order chi connectivity index (χ1) is 17.5. The maximum Gasteiger partial charge on any atom is 0.405 e. The van der Waals surface area contributed by atoms with Gasteiger partial charge in [0.25, 0.3) is 0 Å². The SMILES string of the molecule is C=C(C)C(OC(N)=O)c1cnc2c(cc(-c3ccc(C4(C)OCCO4)cc3)n2COCC[Si](C)(C)C)n1. The van der Waals surface area contributed by atoms with E-state index >= 15 is 0 Å². The molecule has 1 aliphatic heterocycles. The number of nitrogens with two attached hydrogens (primary N) is 1. The van der Waals surface area contributed by atoms with Crippen molar-refractivity contribution in [3.63, 3.8) is 0 Å². The molecule has 3 heterocycles. The Kier molecular flexibility index (Phi) is 7.84. The number of primary amides is 1. The van der Waals surface area contributed by atoms with Crippen molar-refractivity contribution < 1.29 is 23.7 Å². The van der Waals surface area contributed by atoms with Crippen LogP contribution >= 0.6 is 0 Å². The Balaban J connectivity index is 1.71. The number of fused-ring (bicyclic) bond motifs is 1. The molecule has 1 aromatic carbocycles. The summed E-state index contributed by atoms with van der Waals surface area (Å²) in [7, 11) is -1.23. The van der Waals surface area contributed by atoms with Crippen LogP contribution < -0.4 is 5.73 Å². The van der Waals surface area contributed by atoms with Gasteiger partial charge in [-0.2, -0.15) is 0 Å². The second kappa shape index (κ2) is 10.7. The first kappa shape index (κ1) is 27.0. The van der Waals surface area contributed by atoms with E-state index in [0.717, 1.165) is 22.9 Å². The fourth-order valence-corrected chi connectivity index (χ4v) is 4.98. The molecule has 0 bridgehead atoms. The molecule has 198 valence electrons. The van der Waals surface area contributed by atoms with Crippen LogP contribution in [-0.4, -0.2) is 48.5 Å². The lowest BCUT2D eigenvalue weighted by Gasteiger charge is -2.23. The lowest BCUT2D eigenvalue weighted by molar-refractivity contribution is -0.149.